The van der Waals surface area contributed by atoms with E-state index in [1.165, 1.54) is 0 Å². The van der Waals surface area contributed by atoms with Crippen molar-refractivity contribution in [3.05, 3.63) is 23.7 Å². The molecule has 0 bridgehead atoms. The lowest BCUT2D eigenvalue weighted by atomic mass is 9.96. The van der Waals surface area contributed by atoms with E-state index in [1.807, 2.05) is 35.8 Å². The minimum Gasteiger partial charge on any atom is -0.378 e. The number of nitrogens with zero attached hydrogens (tertiary/aromatic N) is 5. The van der Waals surface area contributed by atoms with Gasteiger partial charge in [0.25, 0.3) is 0 Å². The lowest BCUT2D eigenvalue weighted by Gasteiger charge is -2.35. The van der Waals surface area contributed by atoms with Crippen molar-refractivity contribution in [2.75, 3.05) is 39.4 Å². The summed E-state index contributed by atoms with van der Waals surface area (Å²) in [5.41, 5.74) is 2.86. The van der Waals surface area contributed by atoms with Crippen LogP contribution in [-0.2, 0) is 23.1 Å². The Morgan fingerprint density at radius 3 is 2.85 bits per heavy atom. The van der Waals surface area contributed by atoms with Gasteiger partial charge in [0.2, 0.25) is 5.91 Å². The van der Waals surface area contributed by atoms with Gasteiger partial charge < -0.3 is 14.2 Å². The monoisotopic (exact) mass is 373 g/mol. The lowest BCUT2D eigenvalue weighted by molar-refractivity contribution is -0.141. The SMILES string of the molecule is Cc1c(-c2cc(CN3CCC[C@@H](C(=O)N4CCOCC4)C3)on2)cnn1C. The molecule has 2 aromatic heterocycles. The summed E-state index contributed by atoms with van der Waals surface area (Å²) < 4.78 is 12.7. The number of amides is 1. The molecule has 27 heavy (non-hydrogen) atoms. The molecular weight excluding hydrogens is 346 g/mol. The Hall–Kier alpha value is -2.19. The van der Waals surface area contributed by atoms with Gasteiger partial charge in [0, 0.05) is 44.0 Å². The highest BCUT2D eigenvalue weighted by Gasteiger charge is 2.30. The summed E-state index contributed by atoms with van der Waals surface area (Å²) in [5.74, 6) is 1.17. The highest BCUT2D eigenvalue weighted by Crippen LogP contribution is 2.25. The van der Waals surface area contributed by atoms with E-state index in [0.717, 1.165) is 48.6 Å². The second-order valence-electron chi connectivity index (χ2n) is 7.46. The topological polar surface area (TPSA) is 76.6 Å². The van der Waals surface area contributed by atoms with Gasteiger partial charge in [-0.1, -0.05) is 5.16 Å². The third kappa shape index (κ3) is 3.91. The molecular formula is C19H27N5O3. The summed E-state index contributed by atoms with van der Waals surface area (Å²) in [5, 5.41) is 8.47. The van der Waals surface area contributed by atoms with Crippen molar-refractivity contribution in [1.82, 2.24) is 24.7 Å². The summed E-state index contributed by atoms with van der Waals surface area (Å²) >= 11 is 0. The van der Waals surface area contributed by atoms with Crippen molar-refractivity contribution in [2.45, 2.75) is 26.3 Å². The third-order valence-electron chi connectivity index (χ3n) is 5.63. The van der Waals surface area contributed by atoms with Crippen molar-refractivity contribution in [1.29, 1.82) is 0 Å². The number of likely N-dealkylation sites (tertiary alicyclic amines) is 1. The van der Waals surface area contributed by atoms with Gasteiger partial charge in [-0.05, 0) is 26.3 Å². The number of hydrogen-bond donors (Lipinski definition) is 0. The fourth-order valence-corrected chi connectivity index (χ4v) is 3.93. The van der Waals surface area contributed by atoms with Gasteiger partial charge in [-0.15, -0.1) is 0 Å². The van der Waals surface area contributed by atoms with E-state index in [2.05, 4.69) is 15.2 Å². The van der Waals surface area contributed by atoms with Crippen LogP contribution in [0.3, 0.4) is 0 Å². The summed E-state index contributed by atoms with van der Waals surface area (Å²) in [6, 6.07) is 1.98. The summed E-state index contributed by atoms with van der Waals surface area (Å²) in [6.45, 7) is 7.18. The average molecular weight is 373 g/mol. The number of carbonyl (C=O) groups excluding carboxylic acids is 1. The summed E-state index contributed by atoms with van der Waals surface area (Å²) in [6.07, 6.45) is 3.81. The second kappa shape index (κ2) is 7.82. The lowest BCUT2D eigenvalue weighted by Crippen LogP contribution is -2.48. The Morgan fingerprint density at radius 1 is 1.30 bits per heavy atom. The van der Waals surface area contributed by atoms with E-state index in [-0.39, 0.29) is 11.8 Å². The smallest absolute Gasteiger partial charge is 0.227 e. The molecule has 0 spiro atoms. The maximum Gasteiger partial charge on any atom is 0.227 e. The number of rotatable bonds is 4. The molecule has 0 unspecified atom stereocenters. The summed E-state index contributed by atoms with van der Waals surface area (Å²) in [4.78, 5) is 17.0. The van der Waals surface area contributed by atoms with Gasteiger partial charge in [-0.3, -0.25) is 14.4 Å². The van der Waals surface area contributed by atoms with Crippen LogP contribution in [0, 0.1) is 12.8 Å². The Morgan fingerprint density at radius 2 is 2.11 bits per heavy atom. The highest BCUT2D eigenvalue weighted by atomic mass is 16.5. The molecule has 4 heterocycles. The number of piperidine rings is 1. The second-order valence-corrected chi connectivity index (χ2v) is 7.46. The molecule has 4 rings (SSSR count). The highest BCUT2D eigenvalue weighted by molar-refractivity contribution is 5.79. The first kappa shape index (κ1) is 18.2. The largest absolute Gasteiger partial charge is 0.378 e. The maximum absolute atomic E-state index is 12.8. The molecule has 2 aromatic rings. The molecule has 1 atom stereocenters. The van der Waals surface area contributed by atoms with Gasteiger partial charge in [0.1, 0.15) is 5.69 Å². The van der Waals surface area contributed by atoms with Gasteiger partial charge in [0.15, 0.2) is 5.76 Å². The average Bonchev–Trinajstić information content (AvgIpc) is 3.29. The van der Waals surface area contributed by atoms with Crippen LogP contribution >= 0.6 is 0 Å². The Kier molecular flexibility index (Phi) is 5.27. The van der Waals surface area contributed by atoms with E-state index < -0.39 is 0 Å². The van der Waals surface area contributed by atoms with E-state index in [9.17, 15) is 4.79 Å². The fourth-order valence-electron chi connectivity index (χ4n) is 3.93. The molecule has 2 fully saturated rings. The molecule has 2 saturated heterocycles. The van der Waals surface area contributed by atoms with Gasteiger partial charge >= 0.3 is 0 Å². The zero-order valence-electron chi connectivity index (χ0n) is 16.1. The van der Waals surface area contributed by atoms with Crippen molar-refractivity contribution in [3.63, 3.8) is 0 Å². The van der Waals surface area contributed by atoms with E-state index in [0.29, 0.717) is 32.8 Å². The molecule has 0 aromatic carbocycles. The molecule has 0 aliphatic carbocycles. The molecule has 2 aliphatic rings. The third-order valence-corrected chi connectivity index (χ3v) is 5.63. The van der Waals surface area contributed by atoms with E-state index >= 15 is 0 Å². The zero-order valence-corrected chi connectivity index (χ0v) is 16.1. The standard InChI is InChI=1S/C19H27N5O3/c1-14-17(11-20-22(14)2)18-10-16(27-21-18)13-23-5-3-4-15(12-23)19(25)24-6-8-26-9-7-24/h10-11,15H,3-9,12-13H2,1-2H3/t15-/m1/s1. The predicted molar refractivity (Wildman–Crippen MR) is 98.8 cm³/mol. The minimum absolute atomic E-state index is 0.0693. The molecule has 146 valence electrons. The van der Waals surface area contributed by atoms with E-state index in [1.54, 1.807) is 0 Å². The Labute approximate surface area is 159 Å². The first-order chi connectivity index (χ1) is 13.1. The number of aryl methyl sites for hydroxylation is 1. The van der Waals surface area contributed by atoms with Gasteiger partial charge in [-0.2, -0.15) is 5.10 Å². The van der Waals surface area contributed by atoms with Crippen molar-refractivity contribution < 1.29 is 14.1 Å². The van der Waals surface area contributed by atoms with Crippen LogP contribution in [0.15, 0.2) is 16.8 Å². The number of ether oxygens (including phenoxy) is 1. The van der Waals surface area contributed by atoms with Crippen molar-refractivity contribution >= 4 is 5.91 Å². The van der Waals surface area contributed by atoms with Crippen molar-refractivity contribution in [3.8, 4) is 11.3 Å². The van der Waals surface area contributed by atoms with Crippen LogP contribution in [0.4, 0.5) is 0 Å². The Balaban J connectivity index is 1.38. The molecule has 0 radical (unpaired) electrons. The van der Waals surface area contributed by atoms with E-state index in [4.69, 9.17) is 9.26 Å². The molecule has 8 nitrogen and oxygen atoms in total. The van der Waals surface area contributed by atoms with Crippen molar-refractivity contribution in [2.24, 2.45) is 13.0 Å². The van der Waals surface area contributed by atoms with Crippen LogP contribution in [0.5, 0.6) is 0 Å². The normalized spacial score (nSPS) is 21.6. The quantitative estimate of drug-likeness (QED) is 0.807. The van der Waals surface area contributed by atoms with Crippen LogP contribution in [0.25, 0.3) is 11.3 Å². The fraction of sp³-hybridized carbons (Fsp3) is 0.632. The summed E-state index contributed by atoms with van der Waals surface area (Å²) in [7, 11) is 1.92. The molecule has 2 aliphatic heterocycles. The molecule has 0 N–H and O–H groups in total. The molecule has 0 saturated carbocycles. The minimum atomic E-state index is 0.0693. The molecule has 8 heteroatoms. The number of hydrogen-bond acceptors (Lipinski definition) is 6. The maximum atomic E-state index is 12.8. The zero-order chi connectivity index (χ0) is 18.8. The van der Waals surface area contributed by atoms with Crippen LogP contribution in [-0.4, -0.2) is 70.0 Å². The van der Waals surface area contributed by atoms with Crippen LogP contribution in [0.2, 0.25) is 0 Å². The first-order valence-corrected chi connectivity index (χ1v) is 9.65. The van der Waals surface area contributed by atoms with Gasteiger partial charge in [0.05, 0.1) is 31.9 Å². The number of carbonyl (C=O) groups is 1. The van der Waals surface area contributed by atoms with Gasteiger partial charge in [-0.25, -0.2) is 0 Å². The number of morpholine rings is 1. The first-order valence-electron chi connectivity index (χ1n) is 9.65. The van der Waals surface area contributed by atoms with Crippen LogP contribution < -0.4 is 0 Å². The predicted octanol–water partition coefficient (Wildman–Crippen LogP) is 1.45. The van der Waals surface area contributed by atoms with Crippen LogP contribution in [0.1, 0.15) is 24.3 Å². The Bertz CT molecular complexity index is 793. The molecule has 1 amide bonds. The number of aromatic nitrogens is 3.